The number of benzene rings is 1. The highest BCUT2D eigenvalue weighted by Crippen LogP contribution is 2.23. The molecule has 0 radical (unpaired) electrons. The van der Waals surface area contributed by atoms with Gasteiger partial charge in [0.05, 0.1) is 0 Å². The van der Waals surface area contributed by atoms with E-state index in [0.717, 1.165) is 52.1 Å². The monoisotopic (exact) mass is 374 g/mol. The number of piperidine rings is 1. The van der Waals surface area contributed by atoms with Crippen LogP contribution >= 0.6 is 0 Å². The Morgan fingerprint density at radius 3 is 2.56 bits per heavy atom. The average molecular weight is 374 g/mol. The number of aryl methyl sites for hydroxylation is 1. The fourth-order valence-corrected chi connectivity index (χ4v) is 4.06. The lowest BCUT2D eigenvalue weighted by molar-refractivity contribution is -0.139. The van der Waals surface area contributed by atoms with Crippen LogP contribution in [-0.4, -0.2) is 80.1 Å². The number of primary amides is 1. The molecular formula is C20H30N4O3. The highest BCUT2D eigenvalue weighted by molar-refractivity contribution is 5.79. The predicted molar refractivity (Wildman–Crippen MR) is 105 cm³/mol. The molecule has 2 aliphatic heterocycles. The maximum atomic E-state index is 12.3. The fourth-order valence-electron chi connectivity index (χ4n) is 4.06. The van der Waals surface area contributed by atoms with Gasteiger partial charge in [0.2, 0.25) is 11.8 Å². The Morgan fingerprint density at radius 1 is 1.11 bits per heavy atom. The molecular weight excluding hydrogens is 344 g/mol. The van der Waals surface area contributed by atoms with Gasteiger partial charge in [-0.25, -0.2) is 0 Å². The number of likely N-dealkylation sites (tertiary alicyclic amines) is 1. The second kappa shape index (κ2) is 9.19. The Labute approximate surface area is 161 Å². The number of ether oxygens (including phenoxy) is 1. The summed E-state index contributed by atoms with van der Waals surface area (Å²) in [6, 6.07) is 8.93. The number of para-hydroxylation sites is 1. The number of hydrogen-bond donors (Lipinski definition) is 1. The van der Waals surface area contributed by atoms with Crippen LogP contribution in [-0.2, 0) is 14.3 Å². The highest BCUT2D eigenvalue weighted by Gasteiger charge is 2.30. The summed E-state index contributed by atoms with van der Waals surface area (Å²) in [5, 5.41) is 0. The van der Waals surface area contributed by atoms with E-state index in [1.165, 1.54) is 11.3 Å². The standard InChI is InChI=1S/C20H30N4O3/c1-16-5-2-3-7-18(16)23-11-9-22(10-12-23)17-6-4-8-24(13-17)20(26)15-27-14-19(21)25/h2-3,5,7,17H,4,6,8-15H2,1H3,(H2,21,25). The van der Waals surface area contributed by atoms with Crippen LogP contribution < -0.4 is 10.6 Å². The number of hydrogen-bond acceptors (Lipinski definition) is 5. The summed E-state index contributed by atoms with van der Waals surface area (Å²) in [6.45, 7) is 7.43. The van der Waals surface area contributed by atoms with Crippen molar-refractivity contribution in [2.45, 2.75) is 25.8 Å². The third-order valence-corrected chi connectivity index (χ3v) is 5.51. The van der Waals surface area contributed by atoms with E-state index in [2.05, 4.69) is 41.0 Å². The SMILES string of the molecule is Cc1ccccc1N1CCN(C2CCCN(C(=O)COCC(N)=O)C2)CC1. The molecule has 2 aliphatic rings. The van der Waals surface area contributed by atoms with Gasteiger partial charge in [-0.15, -0.1) is 0 Å². The predicted octanol–water partition coefficient (Wildman–Crippen LogP) is 0.610. The van der Waals surface area contributed by atoms with Crippen molar-refractivity contribution >= 4 is 17.5 Å². The number of carbonyl (C=O) groups is 2. The van der Waals surface area contributed by atoms with Crippen LogP contribution in [0.15, 0.2) is 24.3 Å². The van der Waals surface area contributed by atoms with Crippen LogP contribution in [0.2, 0.25) is 0 Å². The molecule has 148 valence electrons. The normalized spacial score (nSPS) is 21.3. The molecule has 0 saturated carbocycles. The number of nitrogens with two attached hydrogens (primary N) is 1. The zero-order chi connectivity index (χ0) is 19.2. The van der Waals surface area contributed by atoms with Crippen molar-refractivity contribution in [1.29, 1.82) is 0 Å². The van der Waals surface area contributed by atoms with Gasteiger partial charge in [-0.2, -0.15) is 0 Å². The van der Waals surface area contributed by atoms with Crippen molar-refractivity contribution in [2.24, 2.45) is 5.73 Å². The van der Waals surface area contributed by atoms with Crippen molar-refractivity contribution in [3.05, 3.63) is 29.8 Å². The molecule has 27 heavy (non-hydrogen) atoms. The van der Waals surface area contributed by atoms with Crippen molar-refractivity contribution in [2.75, 3.05) is 57.4 Å². The third kappa shape index (κ3) is 5.20. The molecule has 2 fully saturated rings. The van der Waals surface area contributed by atoms with Gasteiger partial charge in [-0.3, -0.25) is 14.5 Å². The molecule has 1 aromatic carbocycles. The average Bonchev–Trinajstić information content (AvgIpc) is 2.68. The molecule has 7 heteroatoms. The summed E-state index contributed by atoms with van der Waals surface area (Å²) < 4.78 is 5.08. The van der Waals surface area contributed by atoms with Gasteiger partial charge in [0.1, 0.15) is 13.2 Å². The lowest BCUT2D eigenvalue weighted by Gasteiger charge is -2.44. The van der Waals surface area contributed by atoms with E-state index >= 15 is 0 Å². The Morgan fingerprint density at radius 2 is 1.85 bits per heavy atom. The Kier molecular flexibility index (Phi) is 6.68. The summed E-state index contributed by atoms with van der Waals surface area (Å²) in [5.41, 5.74) is 7.68. The lowest BCUT2D eigenvalue weighted by atomic mass is 10.0. The minimum Gasteiger partial charge on any atom is -0.369 e. The number of carbonyl (C=O) groups excluding carboxylic acids is 2. The summed E-state index contributed by atoms with van der Waals surface area (Å²) >= 11 is 0. The molecule has 1 unspecified atom stereocenters. The zero-order valence-electron chi connectivity index (χ0n) is 16.1. The van der Waals surface area contributed by atoms with E-state index in [4.69, 9.17) is 10.5 Å². The third-order valence-electron chi connectivity index (χ3n) is 5.51. The summed E-state index contributed by atoms with van der Waals surface area (Å²) in [5.74, 6) is -0.606. The van der Waals surface area contributed by atoms with E-state index < -0.39 is 5.91 Å². The number of piperazine rings is 1. The summed E-state index contributed by atoms with van der Waals surface area (Å²) in [6.07, 6.45) is 2.13. The van der Waals surface area contributed by atoms with Crippen molar-refractivity contribution in [1.82, 2.24) is 9.80 Å². The molecule has 2 heterocycles. The largest absolute Gasteiger partial charge is 0.369 e. The number of rotatable bonds is 6. The van der Waals surface area contributed by atoms with E-state index in [1.54, 1.807) is 0 Å². The van der Waals surface area contributed by atoms with Crippen molar-refractivity contribution in [3.63, 3.8) is 0 Å². The first-order valence-electron chi connectivity index (χ1n) is 9.73. The Bertz CT molecular complexity index is 658. The first-order valence-corrected chi connectivity index (χ1v) is 9.73. The highest BCUT2D eigenvalue weighted by atomic mass is 16.5. The quantitative estimate of drug-likeness (QED) is 0.789. The molecule has 1 atom stereocenters. The molecule has 3 rings (SSSR count). The molecule has 0 aromatic heterocycles. The van der Waals surface area contributed by atoms with Crippen LogP contribution in [0.1, 0.15) is 18.4 Å². The van der Waals surface area contributed by atoms with E-state index in [-0.39, 0.29) is 19.1 Å². The Balaban J connectivity index is 1.48. The van der Waals surface area contributed by atoms with E-state index in [1.807, 2.05) is 4.90 Å². The van der Waals surface area contributed by atoms with Gasteiger partial charge in [-0.1, -0.05) is 18.2 Å². The van der Waals surface area contributed by atoms with Gasteiger partial charge in [0.15, 0.2) is 0 Å². The van der Waals surface area contributed by atoms with Crippen molar-refractivity contribution in [3.8, 4) is 0 Å². The minimum absolute atomic E-state index is 0.0560. The number of anilines is 1. The molecule has 2 saturated heterocycles. The zero-order valence-corrected chi connectivity index (χ0v) is 16.1. The van der Waals surface area contributed by atoms with Crippen LogP contribution in [0, 0.1) is 6.92 Å². The molecule has 1 aromatic rings. The van der Waals surface area contributed by atoms with Crippen LogP contribution in [0.3, 0.4) is 0 Å². The van der Waals surface area contributed by atoms with Gasteiger partial charge in [-0.05, 0) is 31.4 Å². The fraction of sp³-hybridized carbons (Fsp3) is 0.600. The molecule has 7 nitrogen and oxygen atoms in total. The first-order chi connectivity index (χ1) is 13.0. The van der Waals surface area contributed by atoms with E-state index in [0.29, 0.717) is 6.04 Å². The first kappa shape index (κ1) is 19.6. The number of amides is 2. The maximum absolute atomic E-state index is 12.3. The molecule has 2 amide bonds. The molecule has 2 N–H and O–H groups in total. The Hall–Kier alpha value is -2.12. The minimum atomic E-state index is -0.550. The van der Waals surface area contributed by atoms with Gasteiger partial charge < -0.3 is 20.3 Å². The van der Waals surface area contributed by atoms with Crippen molar-refractivity contribution < 1.29 is 14.3 Å². The topological polar surface area (TPSA) is 79.1 Å². The smallest absolute Gasteiger partial charge is 0.248 e. The van der Waals surface area contributed by atoms with Gasteiger partial charge in [0, 0.05) is 51.0 Å². The lowest BCUT2D eigenvalue weighted by Crippen LogP contribution is -2.56. The summed E-state index contributed by atoms with van der Waals surface area (Å²) in [7, 11) is 0. The number of nitrogens with zero attached hydrogens (tertiary/aromatic N) is 3. The van der Waals surface area contributed by atoms with Crippen LogP contribution in [0.25, 0.3) is 0 Å². The summed E-state index contributed by atoms with van der Waals surface area (Å²) in [4.78, 5) is 29.9. The maximum Gasteiger partial charge on any atom is 0.248 e. The van der Waals surface area contributed by atoms with Gasteiger partial charge in [0.25, 0.3) is 0 Å². The van der Waals surface area contributed by atoms with E-state index in [9.17, 15) is 9.59 Å². The molecule has 0 bridgehead atoms. The second-order valence-corrected chi connectivity index (χ2v) is 7.40. The molecule has 0 aliphatic carbocycles. The van der Waals surface area contributed by atoms with Crippen LogP contribution in [0.4, 0.5) is 5.69 Å². The second-order valence-electron chi connectivity index (χ2n) is 7.40. The molecule has 0 spiro atoms. The van der Waals surface area contributed by atoms with Crippen LogP contribution in [0.5, 0.6) is 0 Å². The van der Waals surface area contributed by atoms with Gasteiger partial charge >= 0.3 is 0 Å².